The highest BCUT2D eigenvalue weighted by Gasteiger charge is 2.32. The van der Waals surface area contributed by atoms with Crippen LogP contribution in [0, 0.1) is 29.6 Å². The molecule has 0 bridgehead atoms. The van der Waals surface area contributed by atoms with Gasteiger partial charge in [-0.15, -0.1) is 0 Å². The fraction of sp³-hybridized carbons (Fsp3) is 0.241. The minimum atomic E-state index is -0.480. The molecule has 0 radical (unpaired) electrons. The van der Waals surface area contributed by atoms with Gasteiger partial charge in [0.2, 0.25) is 0 Å². The summed E-state index contributed by atoms with van der Waals surface area (Å²) in [5.74, 6) is 6.23. The van der Waals surface area contributed by atoms with Crippen LogP contribution in [0.25, 0.3) is 0 Å². The number of hydrogen-bond acceptors (Lipinski definition) is 4. The van der Waals surface area contributed by atoms with Gasteiger partial charge in [0.05, 0.1) is 14.2 Å². The number of benzene rings is 3. The zero-order chi connectivity index (χ0) is 23.8. The minimum Gasteiger partial charge on any atom is -0.497 e. The first-order chi connectivity index (χ1) is 15.9. The Morgan fingerprint density at radius 1 is 0.667 bits per heavy atom. The van der Waals surface area contributed by atoms with Gasteiger partial charge in [0.25, 0.3) is 0 Å². The summed E-state index contributed by atoms with van der Waals surface area (Å²) >= 11 is 0. The lowest BCUT2D eigenvalue weighted by atomic mass is 9.77. The number of carbonyl (C=O) groups excluding carboxylic acids is 2. The van der Waals surface area contributed by atoms with Crippen LogP contribution in [0.4, 0.5) is 0 Å². The predicted molar refractivity (Wildman–Crippen MR) is 130 cm³/mol. The van der Waals surface area contributed by atoms with Gasteiger partial charge >= 0.3 is 0 Å². The number of ketones is 2. The van der Waals surface area contributed by atoms with Crippen LogP contribution in [0.15, 0.2) is 78.9 Å². The van der Waals surface area contributed by atoms with Gasteiger partial charge in [-0.1, -0.05) is 43.9 Å². The zero-order valence-corrected chi connectivity index (χ0v) is 19.4. The van der Waals surface area contributed by atoms with Crippen molar-refractivity contribution in [1.29, 1.82) is 0 Å². The average Bonchev–Trinajstić information content (AvgIpc) is 2.88. The quantitative estimate of drug-likeness (QED) is 0.333. The standard InChI is InChI=1S/C29H28O4/c1-20(28(30)23-11-15-25(32-3)16-12-23)27(19-10-22-8-6-5-7-9-22)21(2)29(31)24-13-17-26(33-4)18-14-24/h5-9,11-18,20-21,27H,1-4H3/t20-,21-/m0/s1. The van der Waals surface area contributed by atoms with Gasteiger partial charge in [0.1, 0.15) is 11.5 Å². The molecular weight excluding hydrogens is 412 g/mol. The molecule has 0 spiro atoms. The molecule has 3 aromatic carbocycles. The predicted octanol–water partition coefficient (Wildman–Crippen LogP) is 5.71. The Kier molecular flexibility index (Phi) is 8.05. The molecule has 168 valence electrons. The lowest BCUT2D eigenvalue weighted by molar-refractivity contribution is 0.0824. The highest BCUT2D eigenvalue weighted by Crippen LogP contribution is 2.28. The van der Waals surface area contributed by atoms with E-state index in [0.717, 1.165) is 5.56 Å². The van der Waals surface area contributed by atoms with E-state index >= 15 is 0 Å². The van der Waals surface area contributed by atoms with Gasteiger partial charge in [-0.2, -0.15) is 0 Å². The number of carbonyl (C=O) groups is 2. The van der Waals surface area contributed by atoms with Gasteiger partial charge in [-0.3, -0.25) is 9.59 Å². The van der Waals surface area contributed by atoms with Crippen molar-refractivity contribution in [3.63, 3.8) is 0 Å². The van der Waals surface area contributed by atoms with E-state index < -0.39 is 17.8 Å². The van der Waals surface area contributed by atoms with Crippen molar-refractivity contribution in [2.24, 2.45) is 17.8 Å². The average molecular weight is 441 g/mol. The molecule has 3 rings (SSSR count). The van der Waals surface area contributed by atoms with E-state index in [-0.39, 0.29) is 11.6 Å². The molecule has 0 heterocycles. The van der Waals surface area contributed by atoms with Gasteiger partial charge < -0.3 is 9.47 Å². The second-order valence-electron chi connectivity index (χ2n) is 7.92. The molecule has 0 unspecified atom stereocenters. The number of methoxy groups -OCH3 is 2. The molecule has 0 aliphatic heterocycles. The first-order valence-electron chi connectivity index (χ1n) is 10.9. The van der Waals surface area contributed by atoms with Crippen LogP contribution in [0.3, 0.4) is 0 Å². The lowest BCUT2D eigenvalue weighted by Gasteiger charge is -2.24. The molecule has 0 amide bonds. The third kappa shape index (κ3) is 5.90. The van der Waals surface area contributed by atoms with Gasteiger partial charge in [0, 0.05) is 34.4 Å². The highest BCUT2D eigenvalue weighted by atomic mass is 16.5. The monoisotopic (exact) mass is 440 g/mol. The Labute approximate surface area is 195 Å². The van der Waals surface area contributed by atoms with Crippen molar-refractivity contribution in [1.82, 2.24) is 0 Å². The maximum atomic E-state index is 13.3. The molecule has 0 saturated heterocycles. The smallest absolute Gasteiger partial charge is 0.166 e. The summed E-state index contributed by atoms with van der Waals surface area (Å²) in [6.07, 6.45) is 0. The molecule has 0 fully saturated rings. The minimum absolute atomic E-state index is 0.0561. The summed E-state index contributed by atoms with van der Waals surface area (Å²) in [6.45, 7) is 3.68. The molecule has 3 aromatic rings. The summed E-state index contributed by atoms with van der Waals surface area (Å²) in [6, 6.07) is 23.6. The maximum Gasteiger partial charge on any atom is 0.166 e. The maximum absolute atomic E-state index is 13.3. The van der Waals surface area contributed by atoms with Crippen LogP contribution in [0.1, 0.15) is 40.1 Å². The molecule has 0 saturated carbocycles. The van der Waals surface area contributed by atoms with Crippen LogP contribution in [-0.4, -0.2) is 25.8 Å². The van der Waals surface area contributed by atoms with Gasteiger partial charge in [0.15, 0.2) is 11.6 Å². The molecular formula is C29H28O4. The molecule has 4 nitrogen and oxygen atoms in total. The van der Waals surface area contributed by atoms with Crippen molar-refractivity contribution < 1.29 is 19.1 Å². The van der Waals surface area contributed by atoms with Crippen LogP contribution in [0.5, 0.6) is 11.5 Å². The van der Waals surface area contributed by atoms with E-state index in [4.69, 9.17) is 9.47 Å². The van der Waals surface area contributed by atoms with E-state index in [1.807, 2.05) is 44.2 Å². The van der Waals surface area contributed by atoms with Crippen LogP contribution < -0.4 is 9.47 Å². The molecule has 0 aliphatic rings. The van der Waals surface area contributed by atoms with E-state index in [1.54, 1.807) is 62.8 Å². The zero-order valence-electron chi connectivity index (χ0n) is 19.4. The Bertz CT molecular complexity index is 1070. The van der Waals surface area contributed by atoms with Crippen LogP contribution in [-0.2, 0) is 0 Å². The summed E-state index contributed by atoms with van der Waals surface area (Å²) in [5, 5.41) is 0. The van der Waals surface area contributed by atoms with E-state index in [9.17, 15) is 9.59 Å². The Balaban J connectivity index is 1.92. The van der Waals surface area contributed by atoms with Crippen molar-refractivity contribution in [3.8, 4) is 23.3 Å². The topological polar surface area (TPSA) is 52.6 Å². The first kappa shape index (κ1) is 23.8. The Hall–Kier alpha value is -3.84. The fourth-order valence-corrected chi connectivity index (χ4v) is 3.73. The molecule has 33 heavy (non-hydrogen) atoms. The fourth-order valence-electron chi connectivity index (χ4n) is 3.73. The first-order valence-corrected chi connectivity index (χ1v) is 10.9. The summed E-state index contributed by atoms with van der Waals surface area (Å²) in [5.41, 5.74) is 1.98. The molecule has 2 atom stereocenters. The van der Waals surface area contributed by atoms with E-state index in [1.165, 1.54) is 0 Å². The lowest BCUT2D eigenvalue weighted by Crippen LogP contribution is -2.30. The number of Topliss-reactive ketones (excluding diaryl/α,β-unsaturated/α-hetero) is 2. The number of ether oxygens (including phenoxy) is 2. The molecule has 0 N–H and O–H groups in total. The van der Waals surface area contributed by atoms with E-state index in [2.05, 4.69) is 11.8 Å². The molecule has 0 aromatic heterocycles. The SMILES string of the molecule is COc1ccc(C(=O)[C@@H](C)C(C#Cc2ccccc2)[C@H](C)C(=O)c2ccc(OC)cc2)cc1. The Morgan fingerprint density at radius 2 is 1.09 bits per heavy atom. The summed E-state index contributed by atoms with van der Waals surface area (Å²) in [7, 11) is 3.17. The second kappa shape index (κ2) is 11.2. The third-order valence-corrected chi connectivity index (χ3v) is 5.81. The summed E-state index contributed by atoms with van der Waals surface area (Å²) in [4.78, 5) is 26.6. The summed E-state index contributed by atoms with van der Waals surface area (Å²) < 4.78 is 10.4. The van der Waals surface area contributed by atoms with E-state index in [0.29, 0.717) is 22.6 Å². The second-order valence-corrected chi connectivity index (χ2v) is 7.92. The van der Waals surface area contributed by atoms with Gasteiger partial charge in [-0.05, 0) is 60.7 Å². The normalized spacial score (nSPS) is 12.3. The van der Waals surface area contributed by atoms with Crippen molar-refractivity contribution in [2.75, 3.05) is 14.2 Å². The third-order valence-electron chi connectivity index (χ3n) is 5.81. The van der Waals surface area contributed by atoms with Crippen molar-refractivity contribution in [2.45, 2.75) is 13.8 Å². The van der Waals surface area contributed by atoms with Crippen molar-refractivity contribution in [3.05, 3.63) is 95.6 Å². The largest absolute Gasteiger partial charge is 0.497 e. The number of hydrogen-bond donors (Lipinski definition) is 0. The van der Waals surface area contributed by atoms with Crippen molar-refractivity contribution >= 4 is 11.6 Å². The molecule has 4 heteroatoms. The van der Waals surface area contributed by atoms with Gasteiger partial charge in [-0.25, -0.2) is 0 Å². The van der Waals surface area contributed by atoms with Crippen LogP contribution >= 0.6 is 0 Å². The highest BCUT2D eigenvalue weighted by molar-refractivity contribution is 6.01. The Morgan fingerprint density at radius 3 is 1.48 bits per heavy atom. The molecule has 0 aliphatic carbocycles. The number of rotatable bonds is 8. The van der Waals surface area contributed by atoms with Crippen LogP contribution in [0.2, 0.25) is 0 Å².